The molecule has 0 aliphatic carbocycles. The number of carbonyl (C=O) groups is 1. The van der Waals surface area contributed by atoms with Crippen molar-refractivity contribution in [2.45, 2.75) is 4.83 Å². The van der Waals surface area contributed by atoms with Gasteiger partial charge in [-0.25, -0.2) is 4.39 Å². The van der Waals surface area contributed by atoms with Crippen molar-refractivity contribution in [3.63, 3.8) is 0 Å². The zero-order chi connectivity index (χ0) is 8.97. The van der Waals surface area contributed by atoms with Crippen LogP contribution in [0.2, 0.25) is 0 Å². The molecule has 12 heavy (non-hydrogen) atoms. The van der Waals surface area contributed by atoms with E-state index >= 15 is 0 Å². The summed E-state index contributed by atoms with van der Waals surface area (Å²) in [4.78, 5) is 10.6. The van der Waals surface area contributed by atoms with E-state index in [1.165, 1.54) is 0 Å². The Kier molecular flexibility index (Phi) is 3.41. The fourth-order valence-electron chi connectivity index (χ4n) is 0.853. The molecular weight excluding hydrogens is 223 g/mol. The number of hydrogen-bond acceptors (Lipinski definition) is 1. The lowest BCUT2D eigenvalue weighted by molar-refractivity contribution is 0.0983. The van der Waals surface area contributed by atoms with Gasteiger partial charge in [0.05, 0.1) is 0 Å². The fourth-order valence-corrected chi connectivity index (χ4v) is 1.12. The van der Waals surface area contributed by atoms with E-state index in [9.17, 15) is 9.18 Å². The smallest absolute Gasteiger partial charge is 0.179 e. The summed E-state index contributed by atoms with van der Waals surface area (Å²) < 4.78 is 12.1. The Labute approximate surface area is 78.7 Å². The van der Waals surface area contributed by atoms with Crippen molar-refractivity contribution in [3.05, 3.63) is 35.9 Å². The SMILES string of the molecule is O=C(c1ccccc1)C(Br)CF. The Balaban J connectivity index is 2.79. The van der Waals surface area contributed by atoms with Crippen LogP contribution in [-0.2, 0) is 0 Å². The second-order valence-electron chi connectivity index (χ2n) is 2.35. The number of hydrogen-bond donors (Lipinski definition) is 0. The van der Waals surface area contributed by atoms with Crippen molar-refractivity contribution in [2.75, 3.05) is 6.67 Å². The summed E-state index contributed by atoms with van der Waals surface area (Å²) in [6.45, 7) is -0.673. The molecule has 0 spiro atoms. The van der Waals surface area contributed by atoms with Gasteiger partial charge in [-0.15, -0.1) is 0 Å². The molecule has 0 aliphatic heterocycles. The van der Waals surface area contributed by atoms with Gasteiger partial charge in [-0.1, -0.05) is 46.3 Å². The van der Waals surface area contributed by atoms with Crippen LogP contribution in [0.1, 0.15) is 10.4 Å². The molecule has 1 rings (SSSR count). The Morgan fingerprint density at radius 1 is 1.42 bits per heavy atom. The molecule has 0 saturated carbocycles. The molecule has 0 fully saturated rings. The number of rotatable bonds is 3. The number of carbonyl (C=O) groups excluding carboxylic acids is 1. The van der Waals surface area contributed by atoms with Gasteiger partial charge in [0.2, 0.25) is 0 Å². The molecule has 1 nitrogen and oxygen atoms in total. The minimum absolute atomic E-state index is 0.210. The molecule has 0 heterocycles. The van der Waals surface area contributed by atoms with Crippen LogP contribution in [0.4, 0.5) is 4.39 Å². The summed E-state index contributed by atoms with van der Waals surface area (Å²) in [5.41, 5.74) is 0.539. The average Bonchev–Trinajstić information content (AvgIpc) is 2.17. The highest BCUT2D eigenvalue weighted by atomic mass is 79.9. The molecule has 1 aromatic carbocycles. The summed E-state index contributed by atoms with van der Waals surface area (Å²) >= 11 is 2.95. The second-order valence-corrected chi connectivity index (χ2v) is 3.46. The van der Waals surface area contributed by atoms with Gasteiger partial charge >= 0.3 is 0 Å². The van der Waals surface area contributed by atoms with Gasteiger partial charge in [0, 0.05) is 5.56 Å². The number of benzene rings is 1. The molecule has 1 unspecified atom stereocenters. The molecule has 1 aromatic rings. The van der Waals surface area contributed by atoms with Crippen LogP contribution in [0, 0.1) is 0 Å². The van der Waals surface area contributed by atoms with E-state index in [1.807, 2.05) is 6.07 Å². The minimum atomic E-state index is -0.708. The molecule has 0 saturated heterocycles. The van der Waals surface area contributed by atoms with Crippen LogP contribution >= 0.6 is 15.9 Å². The average molecular weight is 231 g/mol. The van der Waals surface area contributed by atoms with Gasteiger partial charge < -0.3 is 0 Å². The van der Waals surface area contributed by atoms with E-state index in [4.69, 9.17) is 0 Å². The highest BCUT2D eigenvalue weighted by molar-refractivity contribution is 9.10. The molecule has 0 bridgehead atoms. The number of Topliss-reactive ketones (excluding diaryl/α,β-unsaturated/α-hetero) is 1. The van der Waals surface area contributed by atoms with Crippen molar-refractivity contribution in [3.8, 4) is 0 Å². The molecule has 0 amide bonds. The first-order chi connectivity index (χ1) is 5.75. The largest absolute Gasteiger partial charge is 0.293 e. The highest BCUT2D eigenvalue weighted by Gasteiger charge is 2.15. The maximum absolute atomic E-state index is 12.1. The maximum atomic E-state index is 12.1. The predicted molar refractivity (Wildman–Crippen MR) is 49.5 cm³/mol. The summed E-state index contributed by atoms with van der Waals surface area (Å²) in [6, 6.07) is 8.67. The standard InChI is InChI=1S/C9H8BrFO/c10-8(6-11)9(12)7-4-2-1-3-5-7/h1-5,8H,6H2. The third kappa shape index (κ3) is 2.14. The Morgan fingerprint density at radius 2 is 2.00 bits per heavy atom. The summed E-state index contributed by atoms with van der Waals surface area (Å²) in [5.74, 6) is -0.210. The predicted octanol–water partition coefficient (Wildman–Crippen LogP) is 2.60. The third-order valence-electron chi connectivity index (χ3n) is 1.48. The van der Waals surface area contributed by atoms with E-state index in [2.05, 4.69) is 15.9 Å². The highest BCUT2D eigenvalue weighted by Crippen LogP contribution is 2.10. The second kappa shape index (κ2) is 4.36. The normalized spacial score (nSPS) is 12.5. The van der Waals surface area contributed by atoms with E-state index < -0.39 is 11.5 Å². The number of halogens is 2. The molecule has 0 aliphatic rings. The topological polar surface area (TPSA) is 17.1 Å². The third-order valence-corrected chi connectivity index (χ3v) is 2.14. The zero-order valence-corrected chi connectivity index (χ0v) is 7.92. The minimum Gasteiger partial charge on any atom is -0.293 e. The first-order valence-electron chi connectivity index (χ1n) is 3.55. The summed E-state index contributed by atoms with van der Waals surface area (Å²) in [5, 5.41) is 0. The van der Waals surface area contributed by atoms with E-state index in [0.717, 1.165) is 0 Å². The fraction of sp³-hybridized carbons (Fsp3) is 0.222. The van der Waals surface area contributed by atoms with Gasteiger partial charge in [-0.2, -0.15) is 0 Å². The molecule has 0 aromatic heterocycles. The van der Waals surface area contributed by atoms with Crippen molar-refractivity contribution in [2.24, 2.45) is 0 Å². The Hall–Kier alpha value is -0.700. The van der Waals surface area contributed by atoms with Gasteiger partial charge in [-0.3, -0.25) is 4.79 Å². The van der Waals surface area contributed by atoms with Crippen LogP contribution in [0.25, 0.3) is 0 Å². The van der Waals surface area contributed by atoms with Crippen LogP contribution in [0.15, 0.2) is 30.3 Å². The molecule has 3 heteroatoms. The Morgan fingerprint density at radius 3 is 2.50 bits per heavy atom. The molecular formula is C9H8BrFO. The first-order valence-corrected chi connectivity index (χ1v) is 4.46. The van der Waals surface area contributed by atoms with E-state index in [-0.39, 0.29) is 5.78 Å². The lowest BCUT2D eigenvalue weighted by Crippen LogP contribution is -2.15. The zero-order valence-electron chi connectivity index (χ0n) is 6.34. The lowest BCUT2D eigenvalue weighted by Gasteiger charge is -2.02. The monoisotopic (exact) mass is 230 g/mol. The quantitative estimate of drug-likeness (QED) is 0.577. The van der Waals surface area contributed by atoms with Crippen LogP contribution < -0.4 is 0 Å². The van der Waals surface area contributed by atoms with Crippen LogP contribution in [-0.4, -0.2) is 17.3 Å². The number of alkyl halides is 2. The molecule has 0 radical (unpaired) electrons. The van der Waals surface area contributed by atoms with Gasteiger partial charge in [0.15, 0.2) is 5.78 Å². The number of ketones is 1. The van der Waals surface area contributed by atoms with Crippen molar-refractivity contribution in [1.82, 2.24) is 0 Å². The van der Waals surface area contributed by atoms with Crippen LogP contribution in [0.3, 0.4) is 0 Å². The Bertz CT molecular complexity index is 260. The van der Waals surface area contributed by atoms with Crippen molar-refractivity contribution >= 4 is 21.7 Å². The molecule has 0 N–H and O–H groups in total. The van der Waals surface area contributed by atoms with Gasteiger partial charge in [0.1, 0.15) is 11.5 Å². The van der Waals surface area contributed by atoms with Crippen molar-refractivity contribution in [1.29, 1.82) is 0 Å². The van der Waals surface area contributed by atoms with E-state index in [0.29, 0.717) is 5.56 Å². The van der Waals surface area contributed by atoms with Gasteiger partial charge in [-0.05, 0) is 0 Å². The maximum Gasteiger partial charge on any atom is 0.179 e. The summed E-state index contributed by atoms with van der Waals surface area (Å²) in [6.07, 6.45) is 0. The molecule has 64 valence electrons. The lowest BCUT2D eigenvalue weighted by atomic mass is 10.1. The van der Waals surface area contributed by atoms with Gasteiger partial charge in [0.25, 0.3) is 0 Å². The molecule has 1 atom stereocenters. The first kappa shape index (κ1) is 9.39. The van der Waals surface area contributed by atoms with Crippen LogP contribution in [0.5, 0.6) is 0 Å². The van der Waals surface area contributed by atoms with Crippen molar-refractivity contribution < 1.29 is 9.18 Å². The van der Waals surface area contributed by atoms with E-state index in [1.54, 1.807) is 24.3 Å². The summed E-state index contributed by atoms with van der Waals surface area (Å²) in [7, 11) is 0.